The first-order chi connectivity index (χ1) is 9.74. The number of anilines is 1. The van der Waals surface area contributed by atoms with Gasteiger partial charge in [-0.05, 0) is 24.3 Å². The van der Waals surface area contributed by atoms with Crippen molar-refractivity contribution in [3.8, 4) is 0 Å². The van der Waals surface area contributed by atoms with E-state index in [1.54, 1.807) is 12.3 Å². The monoisotopic (exact) mass is 271 g/mol. The number of hydrogen-bond donors (Lipinski definition) is 2. The Labute approximate surface area is 116 Å². The highest BCUT2D eigenvalue weighted by Crippen LogP contribution is 2.30. The standard InChI is InChI=1S/C15H14FN3O/c16-10-4-5-12-13(9-10)19-15(20)14(12)18-8-6-11-3-1-2-7-17-11/h1-5,7,9,14,18H,6,8H2,(H,19,20). The van der Waals surface area contributed by atoms with Crippen LogP contribution in [-0.2, 0) is 11.2 Å². The van der Waals surface area contributed by atoms with E-state index in [1.165, 1.54) is 12.1 Å². The largest absolute Gasteiger partial charge is 0.324 e. The van der Waals surface area contributed by atoms with Gasteiger partial charge in [0.05, 0.1) is 0 Å². The maximum Gasteiger partial charge on any atom is 0.246 e. The summed E-state index contributed by atoms with van der Waals surface area (Å²) in [4.78, 5) is 16.1. The van der Waals surface area contributed by atoms with Gasteiger partial charge in [-0.2, -0.15) is 0 Å². The van der Waals surface area contributed by atoms with Gasteiger partial charge in [-0.25, -0.2) is 4.39 Å². The van der Waals surface area contributed by atoms with Gasteiger partial charge in [-0.1, -0.05) is 12.1 Å². The number of hydrogen-bond acceptors (Lipinski definition) is 3. The third-order valence-electron chi connectivity index (χ3n) is 3.30. The Morgan fingerprint density at radius 1 is 1.30 bits per heavy atom. The molecule has 2 aromatic rings. The van der Waals surface area contributed by atoms with Crippen molar-refractivity contribution in [2.45, 2.75) is 12.5 Å². The number of halogens is 1. The zero-order valence-electron chi connectivity index (χ0n) is 10.8. The molecule has 1 amide bonds. The Kier molecular flexibility index (Phi) is 3.43. The van der Waals surface area contributed by atoms with E-state index in [0.29, 0.717) is 12.2 Å². The van der Waals surface area contributed by atoms with Crippen molar-refractivity contribution in [2.75, 3.05) is 11.9 Å². The zero-order valence-corrected chi connectivity index (χ0v) is 10.8. The van der Waals surface area contributed by atoms with Gasteiger partial charge in [0, 0.05) is 36.1 Å². The average Bonchev–Trinajstić information content (AvgIpc) is 2.75. The van der Waals surface area contributed by atoms with Crippen LogP contribution in [0, 0.1) is 5.82 Å². The minimum absolute atomic E-state index is 0.147. The van der Waals surface area contributed by atoms with Crippen LogP contribution < -0.4 is 10.6 Å². The molecule has 0 bridgehead atoms. The molecule has 4 nitrogen and oxygen atoms in total. The van der Waals surface area contributed by atoms with Crippen LogP contribution in [0.4, 0.5) is 10.1 Å². The molecular weight excluding hydrogens is 257 g/mol. The van der Waals surface area contributed by atoms with Crippen molar-refractivity contribution < 1.29 is 9.18 Å². The third-order valence-corrected chi connectivity index (χ3v) is 3.30. The van der Waals surface area contributed by atoms with Gasteiger partial charge in [0.2, 0.25) is 5.91 Å². The van der Waals surface area contributed by atoms with E-state index in [4.69, 9.17) is 0 Å². The lowest BCUT2D eigenvalue weighted by Gasteiger charge is -2.11. The van der Waals surface area contributed by atoms with E-state index >= 15 is 0 Å². The molecule has 1 aromatic carbocycles. The van der Waals surface area contributed by atoms with Gasteiger partial charge in [-0.15, -0.1) is 0 Å². The van der Waals surface area contributed by atoms with E-state index in [0.717, 1.165) is 17.7 Å². The summed E-state index contributed by atoms with van der Waals surface area (Å²) >= 11 is 0. The maximum absolute atomic E-state index is 13.1. The highest BCUT2D eigenvalue weighted by molar-refractivity contribution is 6.02. The summed E-state index contributed by atoms with van der Waals surface area (Å²) in [6.07, 6.45) is 2.48. The number of fused-ring (bicyclic) bond motifs is 1. The summed E-state index contributed by atoms with van der Waals surface area (Å²) < 4.78 is 13.1. The van der Waals surface area contributed by atoms with Crippen LogP contribution in [0.5, 0.6) is 0 Å². The Bertz CT molecular complexity index is 630. The van der Waals surface area contributed by atoms with Gasteiger partial charge in [0.1, 0.15) is 11.9 Å². The number of aromatic nitrogens is 1. The first-order valence-electron chi connectivity index (χ1n) is 6.47. The summed E-state index contributed by atoms with van der Waals surface area (Å²) in [6.45, 7) is 0.631. The fourth-order valence-electron chi connectivity index (χ4n) is 2.33. The Morgan fingerprint density at radius 2 is 2.20 bits per heavy atom. The first kappa shape index (κ1) is 12.7. The minimum atomic E-state index is -0.422. The number of rotatable bonds is 4. The topological polar surface area (TPSA) is 54.0 Å². The van der Waals surface area contributed by atoms with Crippen molar-refractivity contribution in [1.29, 1.82) is 0 Å². The number of amides is 1. The van der Waals surface area contributed by atoms with Gasteiger partial charge >= 0.3 is 0 Å². The predicted octanol–water partition coefficient (Wildman–Crippen LogP) is 2.05. The number of nitrogens with one attached hydrogen (secondary N) is 2. The molecule has 0 radical (unpaired) electrons. The van der Waals surface area contributed by atoms with E-state index in [-0.39, 0.29) is 11.7 Å². The molecule has 1 unspecified atom stereocenters. The second kappa shape index (κ2) is 5.38. The van der Waals surface area contributed by atoms with Crippen molar-refractivity contribution in [3.05, 3.63) is 59.7 Å². The number of nitrogens with zero attached hydrogens (tertiary/aromatic N) is 1. The molecule has 2 heterocycles. The number of pyridine rings is 1. The molecule has 102 valence electrons. The molecule has 0 spiro atoms. The fourth-order valence-corrected chi connectivity index (χ4v) is 2.33. The summed E-state index contributed by atoms with van der Waals surface area (Å²) in [5.74, 6) is -0.496. The van der Waals surface area contributed by atoms with Gasteiger partial charge in [-0.3, -0.25) is 9.78 Å². The number of carbonyl (C=O) groups is 1. The molecule has 0 saturated carbocycles. The molecule has 0 aliphatic carbocycles. The lowest BCUT2D eigenvalue weighted by Crippen LogP contribution is -2.29. The molecule has 0 fully saturated rings. The molecule has 0 saturated heterocycles. The second-order valence-electron chi connectivity index (χ2n) is 4.68. The SMILES string of the molecule is O=C1Nc2cc(F)ccc2C1NCCc1ccccn1. The van der Waals surface area contributed by atoms with Crippen LogP contribution in [0.2, 0.25) is 0 Å². The van der Waals surface area contributed by atoms with Crippen LogP contribution in [0.3, 0.4) is 0 Å². The van der Waals surface area contributed by atoms with Crippen molar-refractivity contribution in [1.82, 2.24) is 10.3 Å². The predicted molar refractivity (Wildman–Crippen MR) is 73.7 cm³/mol. The Hall–Kier alpha value is -2.27. The molecule has 2 N–H and O–H groups in total. The number of carbonyl (C=O) groups excluding carboxylic acids is 1. The van der Waals surface area contributed by atoms with Crippen LogP contribution in [0.15, 0.2) is 42.6 Å². The van der Waals surface area contributed by atoms with Crippen molar-refractivity contribution >= 4 is 11.6 Å². The Balaban J connectivity index is 1.65. The van der Waals surface area contributed by atoms with Crippen molar-refractivity contribution in [3.63, 3.8) is 0 Å². The quantitative estimate of drug-likeness (QED) is 0.894. The van der Waals surface area contributed by atoms with E-state index in [2.05, 4.69) is 15.6 Å². The van der Waals surface area contributed by atoms with Crippen molar-refractivity contribution in [2.24, 2.45) is 0 Å². The van der Waals surface area contributed by atoms with Crippen LogP contribution >= 0.6 is 0 Å². The summed E-state index contributed by atoms with van der Waals surface area (Å²) in [7, 11) is 0. The molecule has 1 aliphatic rings. The van der Waals surface area contributed by atoms with Gasteiger partial charge in [0.25, 0.3) is 0 Å². The van der Waals surface area contributed by atoms with E-state index < -0.39 is 6.04 Å². The minimum Gasteiger partial charge on any atom is -0.324 e. The lowest BCUT2D eigenvalue weighted by atomic mass is 10.1. The summed E-state index contributed by atoms with van der Waals surface area (Å²) in [5, 5.41) is 5.86. The van der Waals surface area contributed by atoms with Gasteiger partial charge in [0.15, 0.2) is 0 Å². The van der Waals surface area contributed by atoms with E-state index in [1.807, 2.05) is 18.2 Å². The molecule has 3 rings (SSSR count). The first-order valence-corrected chi connectivity index (χ1v) is 6.47. The molecule has 1 atom stereocenters. The van der Waals surface area contributed by atoms with Crippen LogP contribution in [0.25, 0.3) is 0 Å². The lowest BCUT2D eigenvalue weighted by molar-refractivity contribution is -0.117. The highest BCUT2D eigenvalue weighted by atomic mass is 19.1. The molecular formula is C15H14FN3O. The molecule has 1 aliphatic heterocycles. The second-order valence-corrected chi connectivity index (χ2v) is 4.68. The Morgan fingerprint density at radius 3 is 3.00 bits per heavy atom. The fraction of sp³-hybridized carbons (Fsp3) is 0.200. The third kappa shape index (κ3) is 2.53. The molecule has 5 heteroatoms. The highest BCUT2D eigenvalue weighted by Gasteiger charge is 2.29. The number of benzene rings is 1. The van der Waals surface area contributed by atoms with Crippen LogP contribution in [-0.4, -0.2) is 17.4 Å². The maximum atomic E-state index is 13.1. The average molecular weight is 271 g/mol. The molecule has 1 aromatic heterocycles. The summed E-state index contributed by atoms with van der Waals surface area (Å²) in [6, 6.07) is 9.67. The molecule has 20 heavy (non-hydrogen) atoms. The van der Waals surface area contributed by atoms with Gasteiger partial charge < -0.3 is 10.6 Å². The zero-order chi connectivity index (χ0) is 13.9. The summed E-state index contributed by atoms with van der Waals surface area (Å²) in [5.41, 5.74) is 2.31. The van der Waals surface area contributed by atoms with Crippen LogP contribution in [0.1, 0.15) is 17.3 Å². The van der Waals surface area contributed by atoms with E-state index in [9.17, 15) is 9.18 Å². The normalized spacial score (nSPS) is 16.9. The smallest absolute Gasteiger partial charge is 0.246 e.